The van der Waals surface area contributed by atoms with Crippen LogP contribution in [0.5, 0.6) is 5.75 Å². The van der Waals surface area contributed by atoms with E-state index in [-0.39, 0.29) is 11.7 Å². The van der Waals surface area contributed by atoms with E-state index in [4.69, 9.17) is 0 Å². The van der Waals surface area contributed by atoms with E-state index in [0.717, 1.165) is 48.5 Å². The normalized spacial score (nSPS) is 11.9. The summed E-state index contributed by atoms with van der Waals surface area (Å²) in [4.78, 5) is 19.3. The van der Waals surface area contributed by atoms with E-state index < -0.39 is 6.36 Å². The van der Waals surface area contributed by atoms with Gasteiger partial charge in [0.25, 0.3) is 0 Å². The van der Waals surface area contributed by atoms with E-state index >= 15 is 0 Å². The Kier molecular flexibility index (Phi) is 8.70. The number of carbonyl (C=O) groups excluding carboxylic acids is 1. The molecule has 0 aliphatic carbocycles. The average molecular weight is 487 g/mol. The highest BCUT2D eigenvalue weighted by Crippen LogP contribution is 2.25. The lowest BCUT2D eigenvalue weighted by Crippen LogP contribution is -2.28. The van der Waals surface area contributed by atoms with Gasteiger partial charge in [0.05, 0.1) is 5.52 Å². The van der Waals surface area contributed by atoms with Gasteiger partial charge in [-0.1, -0.05) is 26.0 Å². The second-order valence-electron chi connectivity index (χ2n) is 7.95. The van der Waals surface area contributed by atoms with Crippen LogP contribution in [0.4, 0.5) is 24.7 Å². The molecule has 1 aromatic heterocycles. The summed E-state index contributed by atoms with van der Waals surface area (Å²) in [6, 6.07) is 12.7. The number of rotatable bonds is 10. The zero-order valence-corrected chi connectivity index (χ0v) is 19.9. The number of hydrogen-bond acceptors (Lipinski definition) is 5. The minimum absolute atomic E-state index is 0.318. The SMILES string of the molecule is CCN(CC)CCNc1cc(C)c2cc(NC(=O)C=Cc3ccc(OC(F)(F)F)cc3)ccc2n1. The molecule has 0 aliphatic heterocycles. The summed E-state index contributed by atoms with van der Waals surface area (Å²) in [5.41, 5.74) is 3.04. The lowest BCUT2D eigenvalue weighted by molar-refractivity contribution is -0.274. The molecule has 0 saturated heterocycles. The Balaban J connectivity index is 1.61. The number of alkyl halides is 3. The highest BCUT2D eigenvalue weighted by Gasteiger charge is 2.30. The highest BCUT2D eigenvalue weighted by molar-refractivity contribution is 6.03. The van der Waals surface area contributed by atoms with Gasteiger partial charge in [0.1, 0.15) is 11.6 Å². The predicted octanol–water partition coefficient (Wildman–Crippen LogP) is 5.85. The fraction of sp³-hybridized carbons (Fsp3) is 0.308. The van der Waals surface area contributed by atoms with Crippen LogP contribution < -0.4 is 15.4 Å². The molecule has 0 bridgehead atoms. The number of benzene rings is 2. The molecule has 0 unspecified atom stereocenters. The molecule has 0 saturated carbocycles. The Labute approximate surface area is 202 Å². The predicted molar refractivity (Wildman–Crippen MR) is 134 cm³/mol. The number of hydrogen-bond donors (Lipinski definition) is 2. The minimum atomic E-state index is -4.74. The molecule has 3 rings (SSSR count). The van der Waals surface area contributed by atoms with Crippen molar-refractivity contribution in [2.75, 3.05) is 36.8 Å². The number of pyridine rings is 1. The first kappa shape index (κ1) is 26.0. The third kappa shape index (κ3) is 7.99. The van der Waals surface area contributed by atoms with Gasteiger partial charge < -0.3 is 20.3 Å². The first-order valence-electron chi connectivity index (χ1n) is 11.4. The second-order valence-corrected chi connectivity index (χ2v) is 7.95. The summed E-state index contributed by atoms with van der Waals surface area (Å²) in [7, 11) is 0. The Morgan fingerprint density at radius 3 is 2.46 bits per heavy atom. The number of fused-ring (bicyclic) bond motifs is 1. The van der Waals surface area contributed by atoms with E-state index in [2.05, 4.69) is 39.1 Å². The minimum Gasteiger partial charge on any atom is -0.406 e. The summed E-state index contributed by atoms with van der Waals surface area (Å²) < 4.78 is 40.6. The van der Waals surface area contributed by atoms with Crippen molar-refractivity contribution in [1.29, 1.82) is 0 Å². The van der Waals surface area contributed by atoms with Gasteiger partial charge in [-0.3, -0.25) is 4.79 Å². The third-order valence-corrected chi connectivity index (χ3v) is 5.45. The molecular weight excluding hydrogens is 457 g/mol. The van der Waals surface area contributed by atoms with Crippen molar-refractivity contribution in [2.24, 2.45) is 0 Å². The number of nitrogens with zero attached hydrogens (tertiary/aromatic N) is 2. The third-order valence-electron chi connectivity index (χ3n) is 5.45. The zero-order chi connectivity index (χ0) is 25.4. The van der Waals surface area contributed by atoms with Crippen LogP contribution in [0.2, 0.25) is 0 Å². The van der Waals surface area contributed by atoms with E-state index in [1.54, 1.807) is 6.07 Å². The molecule has 0 radical (unpaired) electrons. The standard InChI is InChI=1S/C26H29F3N4O2/c1-4-33(5-2)15-14-30-24-16-18(3)22-17-20(9-12-23(22)32-24)31-25(34)13-8-19-6-10-21(11-7-19)35-26(27,28)29/h6-13,16-17H,4-5,14-15H2,1-3H3,(H,30,32)(H,31,34). The van der Waals surface area contributed by atoms with Crippen LogP contribution in [-0.2, 0) is 4.79 Å². The molecule has 186 valence electrons. The number of aromatic nitrogens is 1. The van der Waals surface area contributed by atoms with E-state index in [0.29, 0.717) is 11.3 Å². The van der Waals surface area contributed by atoms with Crippen LogP contribution >= 0.6 is 0 Å². The number of aryl methyl sites for hydroxylation is 1. The number of nitrogens with one attached hydrogen (secondary N) is 2. The van der Waals surface area contributed by atoms with Gasteiger partial charge in [0.15, 0.2) is 0 Å². The maximum Gasteiger partial charge on any atom is 0.573 e. The largest absolute Gasteiger partial charge is 0.573 e. The van der Waals surface area contributed by atoms with Crippen LogP contribution in [0, 0.1) is 6.92 Å². The lowest BCUT2D eigenvalue weighted by atomic mass is 10.1. The van der Waals surface area contributed by atoms with E-state index in [1.807, 2.05) is 25.1 Å². The molecule has 0 atom stereocenters. The van der Waals surface area contributed by atoms with Crippen molar-refractivity contribution in [1.82, 2.24) is 9.88 Å². The van der Waals surface area contributed by atoms with Gasteiger partial charge >= 0.3 is 6.36 Å². The van der Waals surface area contributed by atoms with Crippen molar-refractivity contribution in [3.8, 4) is 5.75 Å². The Morgan fingerprint density at radius 1 is 1.09 bits per heavy atom. The molecule has 3 aromatic rings. The number of anilines is 2. The van der Waals surface area contributed by atoms with Crippen LogP contribution in [0.1, 0.15) is 25.0 Å². The number of halogens is 3. The van der Waals surface area contributed by atoms with Crippen molar-refractivity contribution in [3.63, 3.8) is 0 Å². The first-order chi connectivity index (χ1) is 16.7. The topological polar surface area (TPSA) is 66.5 Å². The summed E-state index contributed by atoms with van der Waals surface area (Å²) in [6.07, 6.45) is -1.91. The Bertz CT molecular complexity index is 1170. The van der Waals surface area contributed by atoms with Crippen LogP contribution in [-0.4, -0.2) is 48.3 Å². The van der Waals surface area contributed by atoms with Gasteiger partial charge in [-0.2, -0.15) is 0 Å². The first-order valence-corrected chi connectivity index (χ1v) is 11.4. The average Bonchev–Trinajstić information content (AvgIpc) is 2.81. The van der Waals surface area contributed by atoms with Gasteiger partial charge in [0, 0.05) is 30.2 Å². The summed E-state index contributed by atoms with van der Waals surface area (Å²) in [6.45, 7) is 10.0. The van der Waals surface area contributed by atoms with Crippen molar-refractivity contribution in [2.45, 2.75) is 27.1 Å². The molecule has 0 spiro atoms. The second kappa shape index (κ2) is 11.7. The Hall–Kier alpha value is -3.59. The summed E-state index contributed by atoms with van der Waals surface area (Å²) >= 11 is 0. The molecular formula is C26H29F3N4O2. The number of amides is 1. The molecule has 6 nitrogen and oxygen atoms in total. The molecule has 1 amide bonds. The van der Waals surface area contributed by atoms with Crippen LogP contribution in [0.25, 0.3) is 17.0 Å². The summed E-state index contributed by atoms with van der Waals surface area (Å²) in [5, 5.41) is 7.11. The smallest absolute Gasteiger partial charge is 0.406 e. The maximum absolute atomic E-state index is 12.3. The molecule has 0 aliphatic rings. The fourth-order valence-corrected chi connectivity index (χ4v) is 3.58. The van der Waals surface area contributed by atoms with Crippen molar-refractivity contribution < 1.29 is 22.7 Å². The Morgan fingerprint density at radius 2 is 1.80 bits per heavy atom. The molecule has 2 aromatic carbocycles. The monoisotopic (exact) mass is 486 g/mol. The van der Waals surface area contributed by atoms with Crippen molar-refractivity contribution in [3.05, 3.63) is 65.7 Å². The lowest BCUT2D eigenvalue weighted by Gasteiger charge is -2.18. The quantitative estimate of drug-likeness (QED) is 0.352. The molecule has 0 fully saturated rings. The van der Waals surface area contributed by atoms with Crippen molar-refractivity contribution >= 4 is 34.4 Å². The highest BCUT2D eigenvalue weighted by atomic mass is 19.4. The van der Waals surface area contributed by atoms with Gasteiger partial charge in [-0.15, -0.1) is 13.2 Å². The number of ether oxygens (including phenoxy) is 1. The number of carbonyl (C=O) groups is 1. The van der Waals surface area contributed by atoms with E-state index in [1.165, 1.54) is 36.4 Å². The van der Waals surface area contributed by atoms with Crippen LogP contribution in [0.3, 0.4) is 0 Å². The van der Waals surface area contributed by atoms with Crippen LogP contribution in [0.15, 0.2) is 54.6 Å². The van der Waals surface area contributed by atoms with Gasteiger partial charge in [-0.25, -0.2) is 4.98 Å². The molecule has 1 heterocycles. The summed E-state index contributed by atoms with van der Waals surface area (Å²) in [5.74, 6) is 0.135. The molecule has 2 N–H and O–H groups in total. The van der Waals surface area contributed by atoms with Gasteiger partial charge in [-0.05, 0) is 73.6 Å². The molecule has 9 heteroatoms. The molecule has 35 heavy (non-hydrogen) atoms. The maximum atomic E-state index is 12.3. The van der Waals surface area contributed by atoms with E-state index in [9.17, 15) is 18.0 Å². The zero-order valence-electron chi connectivity index (χ0n) is 19.9. The fourth-order valence-electron chi connectivity index (χ4n) is 3.58. The number of likely N-dealkylation sites (N-methyl/N-ethyl adjacent to an activating group) is 1. The van der Waals surface area contributed by atoms with Gasteiger partial charge in [0.2, 0.25) is 5.91 Å².